The highest BCUT2D eigenvalue weighted by molar-refractivity contribution is 5.80. The maximum Gasteiger partial charge on any atom is 0.223 e. The third-order valence-corrected chi connectivity index (χ3v) is 13.7. The molecule has 5 heteroatoms. The van der Waals surface area contributed by atoms with Gasteiger partial charge in [-0.15, -0.1) is 0 Å². The number of carbonyl (C=O) groups is 2. The van der Waals surface area contributed by atoms with Crippen molar-refractivity contribution in [1.82, 2.24) is 9.80 Å². The van der Waals surface area contributed by atoms with Gasteiger partial charge >= 0.3 is 0 Å². The summed E-state index contributed by atoms with van der Waals surface area (Å²) in [6.07, 6.45) is 54.7. The summed E-state index contributed by atoms with van der Waals surface area (Å²) in [5.41, 5.74) is 5.96. The molecule has 0 aromatic rings. The van der Waals surface area contributed by atoms with Gasteiger partial charge in [0.25, 0.3) is 0 Å². The van der Waals surface area contributed by atoms with Crippen molar-refractivity contribution in [3.05, 3.63) is 0 Å². The molecule has 0 saturated heterocycles. The molecule has 352 valence electrons. The summed E-state index contributed by atoms with van der Waals surface area (Å²) < 4.78 is 0. The first kappa shape index (κ1) is 57.9. The standard InChI is InChI=1S/C54H109N3O2/c1-6-9-12-15-18-21-22-23-24-25-26-29-36-44-51-57(5)52(58)45-38-31-30-35-42-49-56(4)50-43-37-34-41-48-54(53(55)59,46-39-32-27-19-16-13-10-7-2)47-40-33-28-20-17-14-11-8-3/h6-51H2,1-5H3,(H2,55,59). The average molecular weight is 832 g/mol. The van der Waals surface area contributed by atoms with E-state index in [2.05, 4.69) is 32.7 Å². The Hall–Kier alpha value is -1.10. The Kier molecular flexibility index (Phi) is 44.1. The van der Waals surface area contributed by atoms with Gasteiger partial charge in [0.15, 0.2) is 0 Å². The van der Waals surface area contributed by atoms with Gasteiger partial charge in [0, 0.05) is 25.4 Å². The fraction of sp³-hybridized carbons (Fsp3) is 0.963. The van der Waals surface area contributed by atoms with Crippen LogP contribution in [0.15, 0.2) is 0 Å². The molecule has 0 saturated carbocycles. The van der Waals surface area contributed by atoms with Gasteiger partial charge in [-0.1, -0.05) is 245 Å². The minimum absolute atomic E-state index is 0.0162. The number of hydrogen-bond acceptors (Lipinski definition) is 3. The summed E-state index contributed by atoms with van der Waals surface area (Å²) >= 11 is 0. The molecular formula is C54H109N3O2. The van der Waals surface area contributed by atoms with Crippen molar-refractivity contribution in [3.63, 3.8) is 0 Å². The van der Waals surface area contributed by atoms with E-state index >= 15 is 0 Å². The van der Waals surface area contributed by atoms with Gasteiger partial charge in [-0.05, 0) is 65.1 Å². The van der Waals surface area contributed by atoms with Crippen molar-refractivity contribution >= 4 is 11.8 Å². The predicted octanol–water partition coefficient (Wildman–Crippen LogP) is 16.7. The zero-order chi connectivity index (χ0) is 43.3. The van der Waals surface area contributed by atoms with Crippen molar-refractivity contribution < 1.29 is 9.59 Å². The Bertz CT molecular complexity index is 858. The fourth-order valence-corrected chi connectivity index (χ4v) is 9.30. The van der Waals surface area contributed by atoms with E-state index in [9.17, 15) is 9.59 Å². The van der Waals surface area contributed by atoms with Gasteiger partial charge in [-0.3, -0.25) is 9.59 Å². The lowest BCUT2D eigenvalue weighted by Crippen LogP contribution is -2.37. The molecule has 0 atom stereocenters. The molecular weight excluding hydrogens is 723 g/mol. The van der Waals surface area contributed by atoms with E-state index in [0.717, 1.165) is 64.5 Å². The first-order valence-electron chi connectivity index (χ1n) is 27.0. The van der Waals surface area contributed by atoms with Crippen molar-refractivity contribution in [2.24, 2.45) is 11.1 Å². The van der Waals surface area contributed by atoms with Crippen LogP contribution in [0.4, 0.5) is 0 Å². The van der Waals surface area contributed by atoms with Gasteiger partial charge in [0.05, 0.1) is 0 Å². The normalized spacial score (nSPS) is 11.9. The average Bonchev–Trinajstić information content (AvgIpc) is 3.23. The van der Waals surface area contributed by atoms with Crippen LogP contribution in [0.1, 0.15) is 297 Å². The van der Waals surface area contributed by atoms with Gasteiger partial charge in [-0.25, -0.2) is 0 Å². The number of rotatable bonds is 49. The number of amides is 2. The van der Waals surface area contributed by atoms with Crippen LogP contribution in [0.25, 0.3) is 0 Å². The second-order valence-electron chi connectivity index (χ2n) is 19.5. The molecule has 0 bridgehead atoms. The molecule has 0 unspecified atom stereocenters. The van der Waals surface area contributed by atoms with E-state index < -0.39 is 0 Å². The van der Waals surface area contributed by atoms with Crippen LogP contribution in [-0.2, 0) is 9.59 Å². The molecule has 5 nitrogen and oxygen atoms in total. The van der Waals surface area contributed by atoms with E-state index in [1.165, 1.54) is 225 Å². The number of unbranched alkanes of at least 4 members (excludes halogenated alkanes) is 34. The third kappa shape index (κ3) is 38.3. The van der Waals surface area contributed by atoms with Gasteiger partial charge < -0.3 is 15.5 Å². The quantitative estimate of drug-likeness (QED) is 0.0621. The zero-order valence-corrected chi connectivity index (χ0v) is 41.3. The molecule has 0 aromatic carbocycles. The Labute approximate surface area is 371 Å². The second kappa shape index (κ2) is 44.9. The van der Waals surface area contributed by atoms with Crippen LogP contribution in [0.3, 0.4) is 0 Å². The predicted molar refractivity (Wildman–Crippen MR) is 262 cm³/mol. The summed E-state index contributed by atoms with van der Waals surface area (Å²) in [4.78, 5) is 30.2. The lowest BCUT2D eigenvalue weighted by Gasteiger charge is -2.31. The first-order valence-corrected chi connectivity index (χ1v) is 27.0. The topological polar surface area (TPSA) is 66.6 Å². The molecule has 0 aliphatic carbocycles. The molecule has 0 heterocycles. The second-order valence-corrected chi connectivity index (χ2v) is 19.5. The number of nitrogens with two attached hydrogens (primary N) is 1. The van der Waals surface area contributed by atoms with Crippen LogP contribution >= 0.6 is 0 Å². The minimum Gasteiger partial charge on any atom is -0.369 e. The number of nitrogens with zero attached hydrogens (tertiary/aromatic N) is 2. The number of hydrogen-bond donors (Lipinski definition) is 1. The molecule has 59 heavy (non-hydrogen) atoms. The highest BCUT2D eigenvalue weighted by Crippen LogP contribution is 2.37. The summed E-state index contributed by atoms with van der Waals surface area (Å²) in [6, 6.07) is 0. The maximum absolute atomic E-state index is 13.1. The lowest BCUT2D eigenvalue weighted by molar-refractivity contribution is -0.130. The molecule has 2 N–H and O–H groups in total. The third-order valence-electron chi connectivity index (χ3n) is 13.7. The van der Waals surface area contributed by atoms with Gasteiger partial charge in [0.2, 0.25) is 11.8 Å². The highest BCUT2D eigenvalue weighted by atomic mass is 16.2. The van der Waals surface area contributed by atoms with Crippen LogP contribution in [-0.4, -0.2) is 55.3 Å². The summed E-state index contributed by atoms with van der Waals surface area (Å²) in [6.45, 7) is 10.1. The lowest BCUT2D eigenvalue weighted by atomic mass is 9.73. The molecule has 0 spiro atoms. The minimum atomic E-state index is -0.282. The first-order chi connectivity index (χ1) is 28.8. The Morgan fingerprint density at radius 3 is 0.915 bits per heavy atom. The molecule has 0 fully saturated rings. The van der Waals surface area contributed by atoms with Crippen molar-refractivity contribution in [3.8, 4) is 0 Å². The highest BCUT2D eigenvalue weighted by Gasteiger charge is 2.34. The molecule has 0 rings (SSSR count). The fourth-order valence-electron chi connectivity index (χ4n) is 9.30. The van der Waals surface area contributed by atoms with Gasteiger partial charge in [-0.2, -0.15) is 0 Å². The summed E-state index contributed by atoms with van der Waals surface area (Å²) in [5, 5.41) is 0. The molecule has 0 aromatic heterocycles. The summed E-state index contributed by atoms with van der Waals surface area (Å²) in [7, 11) is 4.28. The zero-order valence-electron chi connectivity index (χ0n) is 41.3. The molecule has 0 radical (unpaired) electrons. The summed E-state index contributed by atoms with van der Waals surface area (Å²) in [5.74, 6) is 0.323. The largest absolute Gasteiger partial charge is 0.369 e. The van der Waals surface area contributed by atoms with E-state index in [-0.39, 0.29) is 11.3 Å². The Morgan fingerprint density at radius 2 is 0.610 bits per heavy atom. The van der Waals surface area contributed by atoms with E-state index in [1.54, 1.807) is 0 Å². The van der Waals surface area contributed by atoms with Crippen LogP contribution in [0.5, 0.6) is 0 Å². The molecule has 2 amide bonds. The Morgan fingerprint density at radius 1 is 0.356 bits per heavy atom. The SMILES string of the molecule is CCCCCCCCCCCCCCCCN(C)C(=O)CCCCCCCN(C)CCCCCCC(CCCCCCCCCC)(CCCCCCCCCC)C(N)=O. The number of primary amides is 1. The molecule has 0 aliphatic rings. The van der Waals surface area contributed by atoms with Crippen molar-refractivity contribution in [1.29, 1.82) is 0 Å². The molecule has 0 aliphatic heterocycles. The van der Waals surface area contributed by atoms with Crippen LogP contribution < -0.4 is 5.73 Å². The smallest absolute Gasteiger partial charge is 0.223 e. The van der Waals surface area contributed by atoms with Crippen LogP contribution in [0.2, 0.25) is 0 Å². The van der Waals surface area contributed by atoms with Crippen molar-refractivity contribution in [2.45, 2.75) is 297 Å². The Balaban J connectivity index is 4.06. The van der Waals surface area contributed by atoms with E-state index in [0.29, 0.717) is 12.3 Å². The number of carbonyl (C=O) groups excluding carboxylic acids is 2. The van der Waals surface area contributed by atoms with Gasteiger partial charge in [0.1, 0.15) is 0 Å². The van der Waals surface area contributed by atoms with Crippen LogP contribution in [0, 0.1) is 5.41 Å². The van der Waals surface area contributed by atoms with Crippen molar-refractivity contribution in [2.75, 3.05) is 33.7 Å². The van der Waals surface area contributed by atoms with E-state index in [1.807, 2.05) is 11.9 Å². The van der Waals surface area contributed by atoms with E-state index in [4.69, 9.17) is 5.73 Å². The monoisotopic (exact) mass is 832 g/mol. The maximum atomic E-state index is 13.1.